The molecule has 0 bridgehead atoms. The molecule has 9 nitrogen and oxygen atoms in total. The van der Waals surface area contributed by atoms with Crippen molar-refractivity contribution in [3.05, 3.63) is 12.2 Å². The average Bonchev–Trinajstić information content (AvgIpc) is 2.83. The summed E-state index contributed by atoms with van der Waals surface area (Å²) >= 11 is 0. The first-order valence-corrected chi connectivity index (χ1v) is 5.73. The number of aromatic nitrogens is 3. The number of imide groups is 1. The van der Waals surface area contributed by atoms with Crippen LogP contribution in [0.2, 0.25) is 0 Å². The molecule has 0 radical (unpaired) electrons. The molecule has 9 heteroatoms. The van der Waals surface area contributed by atoms with Crippen molar-refractivity contribution in [2.75, 3.05) is 6.54 Å². The standard InChI is InChI=1S/C10H13N5O4/c16-8(1-2-9(17)18)12-10(19)14-3-4-15-6-11-13-7(15)5-14/h6H,1-5H2,(H,17,18)(H,12,16,19). The van der Waals surface area contributed by atoms with Crippen LogP contribution in [0, 0.1) is 0 Å². The van der Waals surface area contributed by atoms with Gasteiger partial charge in [-0.3, -0.25) is 14.9 Å². The van der Waals surface area contributed by atoms with Crippen LogP contribution in [0.3, 0.4) is 0 Å². The second kappa shape index (κ2) is 5.46. The third-order valence-corrected chi connectivity index (χ3v) is 2.74. The third kappa shape index (κ3) is 3.27. The highest BCUT2D eigenvalue weighted by Crippen LogP contribution is 2.08. The Labute approximate surface area is 108 Å². The number of aliphatic carboxylic acids is 1. The molecule has 0 saturated carbocycles. The lowest BCUT2D eigenvalue weighted by atomic mass is 10.3. The lowest BCUT2D eigenvalue weighted by Crippen LogP contribution is -2.46. The van der Waals surface area contributed by atoms with Crippen LogP contribution < -0.4 is 5.32 Å². The molecule has 102 valence electrons. The Hall–Kier alpha value is -2.45. The number of carboxylic acid groups (broad SMARTS) is 1. The van der Waals surface area contributed by atoms with Gasteiger partial charge in [-0.2, -0.15) is 0 Å². The summed E-state index contributed by atoms with van der Waals surface area (Å²) in [5.41, 5.74) is 0. The minimum absolute atomic E-state index is 0.217. The molecule has 2 heterocycles. The van der Waals surface area contributed by atoms with Gasteiger partial charge in [0.1, 0.15) is 6.33 Å². The van der Waals surface area contributed by atoms with Gasteiger partial charge in [0.25, 0.3) is 0 Å². The first-order chi connectivity index (χ1) is 9.06. The molecule has 3 amide bonds. The van der Waals surface area contributed by atoms with E-state index in [1.807, 2.05) is 4.57 Å². The van der Waals surface area contributed by atoms with Crippen LogP contribution in [0.5, 0.6) is 0 Å². The Morgan fingerprint density at radius 1 is 1.32 bits per heavy atom. The lowest BCUT2D eigenvalue weighted by Gasteiger charge is -2.26. The topological polar surface area (TPSA) is 117 Å². The number of hydrogen-bond donors (Lipinski definition) is 2. The van der Waals surface area contributed by atoms with E-state index in [1.54, 1.807) is 6.33 Å². The fourth-order valence-corrected chi connectivity index (χ4v) is 1.72. The molecule has 1 aliphatic rings. The lowest BCUT2D eigenvalue weighted by molar-refractivity contribution is -0.138. The predicted molar refractivity (Wildman–Crippen MR) is 60.8 cm³/mol. The van der Waals surface area contributed by atoms with Crippen LogP contribution in [0.15, 0.2) is 6.33 Å². The first-order valence-electron chi connectivity index (χ1n) is 5.73. The quantitative estimate of drug-likeness (QED) is 0.740. The Bertz CT molecular complexity index is 512. The van der Waals surface area contributed by atoms with Gasteiger partial charge in [0.05, 0.1) is 13.0 Å². The minimum Gasteiger partial charge on any atom is -0.481 e. The average molecular weight is 267 g/mol. The number of hydrogen-bond acceptors (Lipinski definition) is 5. The van der Waals surface area contributed by atoms with E-state index >= 15 is 0 Å². The maximum atomic E-state index is 11.8. The largest absolute Gasteiger partial charge is 0.481 e. The highest BCUT2D eigenvalue weighted by atomic mass is 16.4. The van der Waals surface area contributed by atoms with E-state index in [2.05, 4.69) is 15.5 Å². The van der Waals surface area contributed by atoms with E-state index in [9.17, 15) is 14.4 Å². The van der Waals surface area contributed by atoms with E-state index in [0.29, 0.717) is 18.9 Å². The Morgan fingerprint density at radius 3 is 2.84 bits per heavy atom. The summed E-state index contributed by atoms with van der Waals surface area (Å²) in [4.78, 5) is 34.9. The number of nitrogens with one attached hydrogen (secondary N) is 1. The number of nitrogens with zero attached hydrogens (tertiary/aromatic N) is 4. The van der Waals surface area contributed by atoms with Gasteiger partial charge in [0.15, 0.2) is 5.82 Å². The molecule has 0 unspecified atom stereocenters. The fourth-order valence-electron chi connectivity index (χ4n) is 1.72. The van der Waals surface area contributed by atoms with E-state index in [4.69, 9.17) is 5.11 Å². The van der Waals surface area contributed by atoms with Gasteiger partial charge in [-0.05, 0) is 0 Å². The zero-order chi connectivity index (χ0) is 13.8. The number of carbonyl (C=O) groups is 3. The molecule has 2 rings (SSSR count). The number of rotatable bonds is 3. The van der Waals surface area contributed by atoms with Crippen LogP contribution in [-0.2, 0) is 22.7 Å². The molecule has 0 aromatic carbocycles. The first kappa shape index (κ1) is 13.0. The zero-order valence-corrected chi connectivity index (χ0v) is 10.1. The molecular weight excluding hydrogens is 254 g/mol. The summed E-state index contributed by atoms with van der Waals surface area (Å²) in [7, 11) is 0. The van der Waals surface area contributed by atoms with Gasteiger partial charge in [-0.1, -0.05) is 0 Å². The smallest absolute Gasteiger partial charge is 0.324 e. The molecule has 0 fully saturated rings. The third-order valence-electron chi connectivity index (χ3n) is 2.74. The summed E-state index contributed by atoms with van der Waals surface area (Å²) in [5.74, 6) is -1.02. The van der Waals surface area contributed by atoms with Crippen molar-refractivity contribution >= 4 is 17.9 Å². The van der Waals surface area contributed by atoms with Crippen molar-refractivity contribution in [3.8, 4) is 0 Å². The molecule has 0 saturated heterocycles. The van der Waals surface area contributed by atoms with E-state index in [1.165, 1.54) is 4.90 Å². The monoisotopic (exact) mass is 267 g/mol. The summed E-state index contributed by atoms with van der Waals surface area (Å²) in [6, 6.07) is -0.537. The van der Waals surface area contributed by atoms with E-state index < -0.39 is 17.9 Å². The number of amides is 3. The SMILES string of the molecule is O=C(O)CCC(=O)NC(=O)N1CCn2cnnc2C1. The van der Waals surface area contributed by atoms with Gasteiger partial charge in [0, 0.05) is 19.5 Å². The summed E-state index contributed by atoms with van der Waals surface area (Å²) < 4.78 is 1.83. The van der Waals surface area contributed by atoms with Crippen LogP contribution in [-0.4, -0.2) is 49.2 Å². The summed E-state index contributed by atoms with van der Waals surface area (Å²) in [5, 5.41) is 18.2. The molecule has 0 spiro atoms. The zero-order valence-electron chi connectivity index (χ0n) is 10.1. The highest BCUT2D eigenvalue weighted by molar-refractivity contribution is 5.95. The normalized spacial score (nSPS) is 13.8. The van der Waals surface area contributed by atoms with Crippen LogP contribution in [0.1, 0.15) is 18.7 Å². The molecule has 1 aromatic rings. The number of carboxylic acids is 1. The maximum absolute atomic E-state index is 11.8. The van der Waals surface area contributed by atoms with Crippen LogP contribution in [0.4, 0.5) is 4.79 Å². The summed E-state index contributed by atoms with van der Waals surface area (Å²) in [6.45, 7) is 1.29. The number of fused-ring (bicyclic) bond motifs is 1. The molecule has 1 aromatic heterocycles. The molecular formula is C10H13N5O4. The Balaban J connectivity index is 1.84. The number of urea groups is 1. The molecule has 19 heavy (non-hydrogen) atoms. The minimum atomic E-state index is -1.08. The molecule has 1 aliphatic heterocycles. The van der Waals surface area contributed by atoms with E-state index in [0.717, 1.165) is 0 Å². The highest BCUT2D eigenvalue weighted by Gasteiger charge is 2.23. The van der Waals surface area contributed by atoms with Gasteiger partial charge < -0.3 is 14.6 Å². The summed E-state index contributed by atoms with van der Waals surface area (Å²) in [6.07, 6.45) is 1.07. The van der Waals surface area contributed by atoms with Crippen LogP contribution >= 0.6 is 0 Å². The van der Waals surface area contributed by atoms with Gasteiger partial charge in [-0.25, -0.2) is 4.79 Å². The van der Waals surface area contributed by atoms with Gasteiger partial charge >= 0.3 is 12.0 Å². The van der Waals surface area contributed by atoms with Crippen molar-refractivity contribution in [1.29, 1.82) is 0 Å². The molecule has 2 N–H and O–H groups in total. The molecule has 0 aliphatic carbocycles. The maximum Gasteiger partial charge on any atom is 0.324 e. The second-order valence-corrected chi connectivity index (χ2v) is 4.11. The van der Waals surface area contributed by atoms with Gasteiger partial charge in [0.2, 0.25) is 5.91 Å². The van der Waals surface area contributed by atoms with Crippen molar-refractivity contribution in [3.63, 3.8) is 0 Å². The van der Waals surface area contributed by atoms with E-state index in [-0.39, 0.29) is 19.4 Å². The van der Waals surface area contributed by atoms with Crippen molar-refractivity contribution < 1.29 is 19.5 Å². The van der Waals surface area contributed by atoms with Crippen molar-refractivity contribution in [2.24, 2.45) is 0 Å². The fraction of sp³-hybridized carbons (Fsp3) is 0.500. The Kier molecular flexibility index (Phi) is 3.74. The van der Waals surface area contributed by atoms with Crippen molar-refractivity contribution in [2.45, 2.75) is 25.9 Å². The second-order valence-electron chi connectivity index (χ2n) is 4.11. The van der Waals surface area contributed by atoms with Crippen molar-refractivity contribution in [1.82, 2.24) is 25.0 Å². The van der Waals surface area contributed by atoms with Gasteiger partial charge in [-0.15, -0.1) is 10.2 Å². The van der Waals surface area contributed by atoms with Crippen LogP contribution in [0.25, 0.3) is 0 Å². The Morgan fingerprint density at radius 2 is 2.11 bits per heavy atom. The number of carbonyl (C=O) groups excluding carboxylic acids is 2. The predicted octanol–water partition coefficient (Wildman–Crippen LogP) is -0.805. The molecule has 0 atom stereocenters.